The van der Waals surface area contributed by atoms with Crippen molar-refractivity contribution in [2.24, 2.45) is 0 Å². The van der Waals surface area contributed by atoms with Crippen LogP contribution in [0.4, 0.5) is 0 Å². The van der Waals surface area contributed by atoms with Crippen LogP contribution in [0.15, 0.2) is 36.4 Å². The van der Waals surface area contributed by atoms with Crippen molar-refractivity contribution < 1.29 is 14.6 Å². The van der Waals surface area contributed by atoms with Gasteiger partial charge in [-0.25, -0.2) is 0 Å². The third-order valence-electron chi connectivity index (χ3n) is 5.72. The second-order valence-electron chi connectivity index (χ2n) is 7.50. The van der Waals surface area contributed by atoms with Crippen LogP contribution in [0.25, 0.3) is 11.3 Å². The van der Waals surface area contributed by atoms with E-state index in [0.29, 0.717) is 38.1 Å². The van der Waals surface area contributed by atoms with Crippen molar-refractivity contribution in [2.45, 2.75) is 44.3 Å². The lowest BCUT2D eigenvalue weighted by atomic mass is 9.82. The number of amides is 1. The number of hydrogen-bond donors (Lipinski definition) is 1. The van der Waals surface area contributed by atoms with Gasteiger partial charge in [-0.05, 0) is 56.9 Å². The molecule has 2 fully saturated rings. The van der Waals surface area contributed by atoms with E-state index in [4.69, 9.17) is 4.74 Å². The third-order valence-corrected chi connectivity index (χ3v) is 5.72. The summed E-state index contributed by atoms with van der Waals surface area (Å²) in [5.41, 5.74) is 2.68. The Bertz CT molecular complexity index is 814. The molecule has 1 atom stereocenters. The Morgan fingerprint density at radius 1 is 1.22 bits per heavy atom. The average molecular weight is 367 g/mol. The molecule has 6 heteroatoms. The van der Waals surface area contributed by atoms with Crippen molar-refractivity contribution >= 4 is 5.91 Å². The Hall–Kier alpha value is -2.31. The number of nitrogens with zero attached hydrogens (tertiary/aromatic N) is 3. The van der Waals surface area contributed by atoms with E-state index in [9.17, 15) is 9.90 Å². The second-order valence-corrected chi connectivity index (χ2v) is 7.50. The topological polar surface area (TPSA) is 75.6 Å². The number of aliphatic hydroxyl groups is 1. The Morgan fingerprint density at radius 3 is 2.74 bits per heavy atom. The predicted octanol–water partition coefficient (Wildman–Crippen LogP) is 2.60. The van der Waals surface area contributed by atoms with Gasteiger partial charge in [0.25, 0.3) is 5.91 Å². The Morgan fingerprint density at radius 2 is 2.04 bits per heavy atom. The number of aliphatic hydroxyl groups excluding tert-OH is 1. The Balaban J connectivity index is 1.47. The molecule has 1 amide bonds. The molecule has 0 bridgehead atoms. The number of aryl methyl sites for hydroxylation is 1. The predicted molar refractivity (Wildman–Crippen MR) is 101 cm³/mol. The van der Waals surface area contributed by atoms with E-state index in [1.807, 2.05) is 48.2 Å². The number of carbonyl (C=O) groups excluding carboxylic acids is 1. The van der Waals surface area contributed by atoms with E-state index in [1.54, 1.807) is 0 Å². The minimum absolute atomic E-state index is 0.0112. The SMILES string of the molecule is Cc1ccc(-c2cccc(C(=O)N3CCC4(CC3)OCCCC4O)c2)nn1. The van der Waals surface area contributed by atoms with E-state index >= 15 is 0 Å². The number of aromatic nitrogens is 2. The highest BCUT2D eigenvalue weighted by Gasteiger charge is 2.44. The lowest BCUT2D eigenvalue weighted by molar-refractivity contribution is -0.174. The van der Waals surface area contributed by atoms with Gasteiger partial charge in [-0.2, -0.15) is 10.2 Å². The fourth-order valence-corrected chi connectivity index (χ4v) is 4.02. The van der Waals surface area contributed by atoms with Gasteiger partial charge < -0.3 is 14.7 Å². The molecule has 1 aromatic heterocycles. The van der Waals surface area contributed by atoms with Crippen molar-refractivity contribution in [3.8, 4) is 11.3 Å². The highest BCUT2D eigenvalue weighted by molar-refractivity contribution is 5.95. The standard InChI is InChI=1S/C21H25N3O3/c1-15-7-8-18(23-22-15)16-4-2-5-17(14-16)20(26)24-11-9-21(10-12-24)19(25)6-3-13-27-21/h2,4-5,7-8,14,19,25H,3,6,9-13H2,1H3. The van der Waals surface area contributed by atoms with Gasteiger partial charge in [0.15, 0.2) is 0 Å². The first-order chi connectivity index (χ1) is 13.1. The van der Waals surface area contributed by atoms with Crippen LogP contribution < -0.4 is 0 Å². The van der Waals surface area contributed by atoms with Crippen molar-refractivity contribution in [3.63, 3.8) is 0 Å². The molecule has 1 spiro atoms. The maximum absolute atomic E-state index is 13.0. The van der Waals surface area contributed by atoms with Crippen LogP contribution in [0.1, 0.15) is 41.7 Å². The second kappa shape index (κ2) is 7.37. The van der Waals surface area contributed by atoms with Crippen molar-refractivity contribution in [3.05, 3.63) is 47.7 Å². The zero-order chi connectivity index (χ0) is 18.9. The van der Waals surface area contributed by atoms with Crippen LogP contribution in [-0.4, -0.2) is 57.5 Å². The normalized spacial score (nSPS) is 22.0. The van der Waals surface area contributed by atoms with Gasteiger partial charge in [-0.15, -0.1) is 0 Å². The molecule has 0 saturated carbocycles. The largest absolute Gasteiger partial charge is 0.390 e. The van der Waals surface area contributed by atoms with Gasteiger partial charge in [0.05, 0.1) is 23.1 Å². The molecule has 2 aliphatic rings. The molecule has 1 aromatic carbocycles. The van der Waals surface area contributed by atoms with E-state index in [1.165, 1.54) is 0 Å². The van der Waals surface area contributed by atoms with Gasteiger partial charge in [-0.1, -0.05) is 12.1 Å². The van der Waals surface area contributed by atoms with Gasteiger partial charge in [0, 0.05) is 30.8 Å². The van der Waals surface area contributed by atoms with Crippen LogP contribution in [0.3, 0.4) is 0 Å². The van der Waals surface area contributed by atoms with Crippen molar-refractivity contribution in [1.29, 1.82) is 0 Å². The third kappa shape index (κ3) is 3.59. The fraction of sp³-hybridized carbons (Fsp3) is 0.476. The van der Waals surface area contributed by atoms with Crippen LogP contribution in [-0.2, 0) is 4.74 Å². The molecule has 0 aliphatic carbocycles. The summed E-state index contributed by atoms with van der Waals surface area (Å²) in [6, 6.07) is 11.4. The molecule has 1 unspecified atom stereocenters. The van der Waals surface area contributed by atoms with Crippen LogP contribution in [0, 0.1) is 6.92 Å². The number of rotatable bonds is 2. The smallest absolute Gasteiger partial charge is 0.253 e. The molecule has 2 aliphatic heterocycles. The summed E-state index contributed by atoms with van der Waals surface area (Å²) < 4.78 is 5.94. The summed E-state index contributed by atoms with van der Waals surface area (Å²) in [4.78, 5) is 14.8. The van der Waals surface area contributed by atoms with E-state index < -0.39 is 11.7 Å². The number of piperidine rings is 1. The zero-order valence-electron chi connectivity index (χ0n) is 15.6. The molecular weight excluding hydrogens is 342 g/mol. The zero-order valence-corrected chi connectivity index (χ0v) is 15.6. The first-order valence-corrected chi connectivity index (χ1v) is 9.59. The Labute approximate surface area is 159 Å². The molecule has 142 valence electrons. The van der Waals surface area contributed by atoms with Crippen molar-refractivity contribution in [2.75, 3.05) is 19.7 Å². The molecular formula is C21H25N3O3. The van der Waals surface area contributed by atoms with Gasteiger partial charge in [0.1, 0.15) is 0 Å². The van der Waals surface area contributed by atoms with Gasteiger partial charge in [0.2, 0.25) is 0 Å². The summed E-state index contributed by atoms with van der Waals surface area (Å²) in [5, 5.41) is 18.7. The summed E-state index contributed by atoms with van der Waals surface area (Å²) in [7, 11) is 0. The molecule has 2 saturated heterocycles. The minimum atomic E-state index is -0.464. The molecule has 3 heterocycles. The van der Waals surface area contributed by atoms with E-state index in [2.05, 4.69) is 10.2 Å². The maximum Gasteiger partial charge on any atom is 0.253 e. The molecule has 4 rings (SSSR count). The maximum atomic E-state index is 13.0. The van der Waals surface area contributed by atoms with Crippen LogP contribution in [0.2, 0.25) is 0 Å². The first-order valence-electron chi connectivity index (χ1n) is 9.59. The minimum Gasteiger partial charge on any atom is -0.390 e. The van der Waals surface area contributed by atoms with E-state index in [0.717, 1.165) is 29.8 Å². The molecule has 1 N–H and O–H groups in total. The van der Waals surface area contributed by atoms with Gasteiger partial charge >= 0.3 is 0 Å². The number of ether oxygens (including phenoxy) is 1. The van der Waals surface area contributed by atoms with Gasteiger partial charge in [-0.3, -0.25) is 4.79 Å². The summed E-state index contributed by atoms with van der Waals surface area (Å²) in [6.07, 6.45) is 2.63. The average Bonchev–Trinajstić information content (AvgIpc) is 2.71. The number of hydrogen-bond acceptors (Lipinski definition) is 5. The molecule has 2 aromatic rings. The summed E-state index contributed by atoms with van der Waals surface area (Å²) in [5.74, 6) is 0.0112. The van der Waals surface area contributed by atoms with Crippen molar-refractivity contribution in [1.82, 2.24) is 15.1 Å². The van der Waals surface area contributed by atoms with E-state index in [-0.39, 0.29) is 5.91 Å². The quantitative estimate of drug-likeness (QED) is 0.883. The summed E-state index contributed by atoms with van der Waals surface area (Å²) in [6.45, 7) is 3.80. The fourth-order valence-electron chi connectivity index (χ4n) is 4.02. The number of likely N-dealkylation sites (tertiary alicyclic amines) is 1. The lowest BCUT2D eigenvalue weighted by Gasteiger charge is -2.46. The highest BCUT2D eigenvalue weighted by atomic mass is 16.5. The van der Waals surface area contributed by atoms with Crippen LogP contribution >= 0.6 is 0 Å². The monoisotopic (exact) mass is 367 g/mol. The number of benzene rings is 1. The number of carbonyl (C=O) groups is 1. The molecule has 0 radical (unpaired) electrons. The highest BCUT2D eigenvalue weighted by Crippen LogP contribution is 2.35. The first kappa shape index (κ1) is 18.1. The molecule has 27 heavy (non-hydrogen) atoms. The Kier molecular flexibility index (Phi) is 4.93. The summed E-state index contributed by atoms with van der Waals surface area (Å²) >= 11 is 0. The van der Waals surface area contributed by atoms with Crippen LogP contribution in [0.5, 0.6) is 0 Å². The lowest BCUT2D eigenvalue weighted by Crippen LogP contribution is -2.56. The molecule has 6 nitrogen and oxygen atoms in total.